The summed E-state index contributed by atoms with van der Waals surface area (Å²) in [4.78, 5) is 16.3. The van der Waals surface area contributed by atoms with Crippen LogP contribution in [0.15, 0.2) is 0 Å². The second-order valence-corrected chi connectivity index (χ2v) is 7.03. The first-order valence-corrected chi connectivity index (χ1v) is 7.98. The minimum absolute atomic E-state index is 0.157. The van der Waals surface area contributed by atoms with Crippen molar-refractivity contribution in [3.8, 4) is 0 Å². The van der Waals surface area contributed by atoms with E-state index >= 15 is 0 Å². The van der Waals surface area contributed by atoms with Gasteiger partial charge in [0.1, 0.15) is 5.60 Å². The number of hydrogen-bond acceptors (Lipinski definition) is 3. The van der Waals surface area contributed by atoms with Crippen molar-refractivity contribution in [1.82, 2.24) is 9.80 Å². The standard InChI is InChI=1S/C16H32N2O2/c1-6-7-10-17(5)13-14-8-11-18(12-9-14)15(19)20-16(2,3)4/h14H,6-13H2,1-5H3. The van der Waals surface area contributed by atoms with Crippen LogP contribution in [0.3, 0.4) is 0 Å². The molecule has 20 heavy (non-hydrogen) atoms. The van der Waals surface area contributed by atoms with Crippen LogP contribution in [0.4, 0.5) is 4.79 Å². The number of carbonyl (C=O) groups is 1. The quantitative estimate of drug-likeness (QED) is 0.776. The Balaban J connectivity index is 2.27. The zero-order valence-corrected chi connectivity index (χ0v) is 13.9. The fourth-order valence-corrected chi connectivity index (χ4v) is 2.58. The van der Waals surface area contributed by atoms with Gasteiger partial charge < -0.3 is 14.5 Å². The molecule has 1 aliphatic rings. The van der Waals surface area contributed by atoms with Gasteiger partial charge in [0, 0.05) is 19.6 Å². The highest BCUT2D eigenvalue weighted by molar-refractivity contribution is 5.68. The van der Waals surface area contributed by atoms with Crippen molar-refractivity contribution in [3.05, 3.63) is 0 Å². The maximum atomic E-state index is 12.0. The van der Waals surface area contributed by atoms with E-state index in [1.807, 2.05) is 25.7 Å². The third kappa shape index (κ3) is 6.60. The van der Waals surface area contributed by atoms with Crippen LogP contribution in [-0.2, 0) is 4.74 Å². The third-order valence-corrected chi connectivity index (χ3v) is 3.73. The molecule has 0 bridgehead atoms. The highest BCUT2D eigenvalue weighted by Crippen LogP contribution is 2.20. The number of rotatable bonds is 5. The predicted octanol–water partition coefficient (Wildman–Crippen LogP) is 3.37. The van der Waals surface area contributed by atoms with Gasteiger partial charge in [-0.3, -0.25) is 0 Å². The summed E-state index contributed by atoms with van der Waals surface area (Å²) in [6.07, 6.45) is 4.55. The Kier molecular flexibility index (Phi) is 6.80. The minimum Gasteiger partial charge on any atom is -0.444 e. The van der Waals surface area contributed by atoms with Crippen LogP contribution in [-0.4, -0.2) is 54.7 Å². The van der Waals surface area contributed by atoms with E-state index in [1.54, 1.807) is 0 Å². The van der Waals surface area contributed by atoms with E-state index < -0.39 is 5.60 Å². The number of hydrogen-bond donors (Lipinski definition) is 0. The molecule has 0 N–H and O–H groups in total. The van der Waals surface area contributed by atoms with Gasteiger partial charge in [-0.1, -0.05) is 13.3 Å². The summed E-state index contributed by atoms with van der Waals surface area (Å²) in [5.41, 5.74) is -0.395. The largest absolute Gasteiger partial charge is 0.444 e. The molecule has 0 aromatic rings. The van der Waals surface area contributed by atoms with Crippen molar-refractivity contribution >= 4 is 6.09 Å². The number of likely N-dealkylation sites (tertiary alicyclic amines) is 1. The van der Waals surface area contributed by atoms with Crippen molar-refractivity contribution in [2.45, 2.75) is 59.0 Å². The van der Waals surface area contributed by atoms with Crippen LogP contribution in [0.1, 0.15) is 53.4 Å². The molecule has 0 aliphatic carbocycles. The van der Waals surface area contributed by atoms with Crippen LogP contribution in [0.5, 0.6) is 0 Å². The lowest BCUT2D eigenvalue weighted by Crippen LogP contribution is -2.43. The fourth-order valence-electron chi connectivity index (χ4n) is 2.58. The van der Waals surface area contributed by atoms with Gasteiger partial charge in [0.15, 0.2) is 0 Å². The molecular weight excluding hydrogens is 252 g/mol. The summed E-state index contributed by atoms with van der Waals surface area (Å²) in [6.45, 7) is 12.0. The number of piperidine rings is 1. The summed E-state index contributed by atoms with van der Waals surface area (Å²) < 4.78 is 5.42. The lowest BCUT2D eigenvalue weighted by Gasteiger charge is -2.34. The van der Waals surface area contributed by atoms with Gasteiger partial charge in [0.25, 0.3) is 0 Å². The van der Waals surface area contributed by atoms with Crippen LogP contribution < -0.4 is 0 Å². The Bertz CT molecular complexity index is 291. The molecule has 4 heteroatoms. The van der Waals surface area contributed by atoms with Gasteiger partial charge in [-0.25, -0.2) is 4.79 Å². The molecular formula is C16H32N2O2. The first-order chi connectivity index (χ1) is 9.31. The number of nitrogens with zero attached hydrogens (tertiary/aromatic N) is 2. The van der Waals surface area contributed by atoms with Gasteiger partial charge >= 0.3 is 6.09 Å². The molecule has 0 radical (unpaired) electrons. The molecule has 1 heterocycles. The SMILES string of the molecule is CCCCN(C)CC1CCN(C(=O)OC(C)(C)C)CC1. The van der Waals surface area contributed by atoms with Crippen LogP contribution in [0, 0.1) is 5.92 Å². The second kappa shape index (κ2) is 7.87. The van der Waals surface area contributed by atoms with Crippen molar-refractivity contribution < 1.29 is 9.53 Å². The number of amides is 1. The third-order valence-electron chi connectivity index (χ3n) is 3.73. The molecule has 1 rings (SSSR count). The van der Waals surface area contributed by atoms with E-state index in [2.05, 4.69) is 18.9 Å². The van der Waals surface area contributed by atoms with Crippen molar-refractivity contribution in [3.63, 3.8) is 0 Å². The van der Waals surface area contributed by atoms with Crippen LogP contribution in [0.2, 0.25) is 0 Å². The van der Waals surface area contributed by atoms with Crippen LogP contribution in [0.25, 0.3) is 0 Å². The molecule has 1 saturated heterocycles. The average Bonchev–Trinajstić information content (AvgIpc) is 2.35. The smallest absolute Gasteiger partial charge is 0.410 e. The molecule has 0 atom stereocenters. The first kappa shape index (κ1) is 17.3. The summed E-state index contributed by atoms with van der Waals surface area (Å²) in [7, 11) is 2.20. The van der Waals surface area contributed by atoms with E-state index in [9.17, 15) is 4.79 Å². The maximum Gasteiger partial charge on any atom is 0.410 e. The van der Waals surface area contributed by atoms with Crippen molar-refractivity contribution in [1.29, 1.82) is 0 Å². The molecule has 0 aromatic heterocycles. The van der Waals surface area contributed by atoms with E-state index in [1.165, 1.54) is 19.4 Å². The van der Waals surface area contributed by atoms with E-state index in [-0.39, 0.29) is 6.09 Å². The monoisotopic (exact) mass is 284 g/mol. The Morgan fingerprint density at radius 2 is 1.90 bits per heavy atom. The Morgan fingerprint density at radius 1 is 1.30 bits per heavy atom. The molecule has 118 valence electrons. The highest BCUT2D eigenvalue weighted by atomic mass is 16.6. The molecule has 0 saturated carbocycles. The Hall–Kier alpha value is -0.770. The number of ether oxygens (including phenoxy) is 1. The van der Waals surface area contributed by atoms with Crippen molar-refractivity contribution in [2.75, 3.05) is 33.2 Å². The summed E-state index contributed by atoms with van der Waals surface area (Å²) in [6, 6.07) is 0. The molecule has 1 amide bonds. The zero-order valence-electron chi connectivity index (χ0n) is 13.9. The number of unbranched alkanes of at least 4 members (excludes halogenated alkanes) is 1. The summed E-state index contributed by atoms with van der Waals surface area (Å²) in [5.74, 6) is 0.718. The Morgan fingerprint density at radius 3 is 2.40 bits per heavy atom. The van der Waals surface area contributed by atoms with E-state index in [4.69, 9.17) is 4.74 Å². The van der Waals surface area contributed by atoms with E-state index in [0.29, 0.717) is 0 Å². The first-order valence-electron chi connectivity index (χ1n) is 7.98. The molecule has 1 aliphatic heterocycles. The normalized spacial score (nSPS) is 17.6. The molecule has 0 unspecified atom stereocenters. The van der Waals surface area contributed by atoms with Gasteiger partial charge in [0.2, 0.25) is 0 Å². The van der Waals surface area contributed by atoms with Gasteiger partial charge in [-0.2, -0.15) is 0 Å². The molecule has 1 fully saturated rings. The topological polar surface area (TPSA) is 32.8 Å². The predicted molar refractivity (Wildman–Crippen MR) is 82.9 cm³/mol. The van der Waals surface area contributed by atoms with Crippen molar-refractivity contribution in [2.24, 2.45) is 5.92 Å². The maximum absolute atomic E-state index is 12.0. The lowest BCUT2D eigenvalue weighted by molar-refractivity contribution is 0.0173. The van der Waals surface area contributed by atoms with Gasteiger partial charge in [-0.15, -0.1) is 0 Å². The molecule has 0 aromatic carbocycles. The number of carbonyl (C=O) groups excluding carboxylic acids is 1. The summed E-state index contributed by atoms with van der Waals surface area (Å²) in [5, 5.41) is 0. The highest BCUT2D eigenvalue weighted by Gasteiger charge is 2.27. The lowest BCUT2D eigenvalue weighted by atomic mass is 9.96. The van der Waals surface area contributed by atoms with E-state index in [0.717, 1.165) is 38.4 Å². The average molecular weight is 284 g/mol. The zero-order chi connectivity index (χ0) is 15.2. The molecule has 0 spiro atoms. The fraction of sp³-hybridized carbons (Fsp3) is 0.938. The second-order valence-electron chi connectivity index (χ2n) is 7.03. The van der Waals surface area contributed by atoms with Gasteiger partial charge in [0.05, 0.1) is 0 Å². The molecule has 4 nitrogen and oxygen atoms in total. The van der Waals surface area contributed by atoms with Gasteiger partial charge in [-0.05, 0) is 59.5 Å². The minimum atomic E-state index is -0.395. The Labute approximate surface area is 124 Å². The summed E-state index contributed by atoms with van der Waals surface area (Å²) >= 11 is 0. The van der Waals surface area contributed by atoms with Crippen LogP contribution >= 0.6 is 0 Å².